The molecule has 3 atom stereocenters. The van der Waals surface area contributed by atoms with Crippen molar-refractivity contribution in [1.29, 1.82) is 0 Å². The Morgan fingerprint density at radius 1 is 1.12 bits per heavy atom. The van der Waals surface area contributed by atoms with Gasteiger partial charge in [-0.3, -0.25) is 4.79 Å². The lowest BCUT2D eigenvalue weighted by molar-refractivity contribution is -0.142. The van der Waals surface area contributed by atoms with Crippen LogP contribution in [0.3, 0.4) is 0 Å². The number of hydrogen-bond acceptors (Lipinski definition) is 4. The van der Waals surface area contributed by atoms with Crippen molar-refractivity contribution < 1.29 is 24.2 Å². The summed E-state index contributed by atoms with van der Waals surface area (Å²) in [5.41, 5.74) is 0.834. The van der Waals surface area contributed by atoms with Gasteiger partial charge in [0.15, 0.2) is 0 Å². The first-order valence-electron chi connectivity index (χ1n) is 8.89. The molecular formula is C19H28N2O5. The molecule has 1 aromatic carbocycles. The Balaban J connectivity index is 2.68. The summed E-state index contributed by atoms with van der Waals surface area (Å²) in [4.78, 5) is 35.8. The lowest BCUT2D eigenvalue weighted by Gasteiger charge is -2.25. The minimum absolute atomic E-state index is 0.0924. The Morgan fingerprint density at radius 2 is 1.77 bits per heavy atom. The zero-order valence-corrected chi connectivity index (χ0v) is 15.5. The fourth-order valence-corrected chi connectivity index (χ4v) is 2.40. The number of alkyl carbamates (subject to hydrolysis) is 1. The van der Waals surface area contributed by atoms with Crippen molar-refractivity contribution in [2.75, 3.05) is 0 Å². The number of carboxylic acid groups (broad SMARTS) is 1. The van der Waals surface area contributed by atoms with Crippen LogP contribution in [0.15, 0.2) is 30.3 Å². The van der Waals surface area contributed by atoms with Crippen LogP contribution in [0.2, 0.25) is 0 Å². The van der Waals surface area contributed by atoms with Gasteiger partial charge in [0.25, 0.3) is 0 Å². The number of ether oxygens (including phenoxy) is 1. The number of carbonyl (C=O) groups is 3. The average molecular weight is 364 g/mol. The van der Waals surface area contributed by atoms with E-state index in [-0.39, 0.29) is 12.5 Å². The molecule has 2 unspecified atom stereocenters. The normalized spacial score (nSPS) is 14.0. The first-order valence-corrected chi connectivity index (χ1v) is 8.89. The molecule has 7 heteroatoms. The third-order valence-corrected chi connectivity index (χ3v) is 4.17. The number of hydrogen-bond donors (Lipinski definition) is 3. The van der Waals surface area contributed by atoms with Gasteiger partial charge in [0.1, 0.15) is 18.7 Å². The molecule has 0 saturated carbocycles. The van der Waals surface area contributed by atoms with Crippen molar-refractivity contribution >= 4 is 18.0 Å². The Morgan fingerprint density at radius 3 is 2.31 bits per heavy atom. The highest BCUT2D eigenvalue weighted by molar-refractivity contribution is 5.89. The van der Waals surface area contributed by atoms with Crippen molar-refractivity contribution in [2.24, 2.45) is 5.92 Å². The lowest BCUT2D eigenvalue weighted by atomic mass is 9.98. The second-order valence-electron chi connectivity index (χ2n) is 6.26. The molecule has 0 aliphatic heterocycles. The van der Waals surface area contributed by atoms with Gasteiger partial charge in [-0.05, 0) is 17.9 Å². The topological polar surface area (TPSA) is 105 Å². The summed E-state index contributed by atoms with van der Waals surface area (Å²) in [6, 6.07) is 7.37. The second-order valence-corrected chi connectivity index (χ2v) is 6.26. The monoisotopic (exact) mass is 364 g/mol. The van der Waals surface area contributed by atoms with E-state index in [0.29, 0.717) is 19.3 Å². The van der Waals surface area contributed by atoms with Crippen LogP contribution in [0, 0.1) is 5.92 Å². The van der Waals surface area contributed by atoms with E-state index in [1.165, 1.54) is 0 Å². The van der Waals surface area contributed by atoms with Crippen LogP contribution in [0.1, 0.15) is 45.6 Å². The second kappa shape index (κ2) is 11.1. The molecule has 1 rings (SSSR count). The van der Waals surface area contributed by atoms with Crippen LogP contribution < -0.4 is 10.6 Å². The fraction of sp³-hybridized carbons (Fsp3) is 0.526. The van der Waals surface area contributed by atoms with E-state index in [2.05, 4.69) is 10.6 Å². The maximum Gasteiger partial charge on any atom is 0.408 e. The van der Waals surface area contributed by atoms with E-state index < -0.39 is 30.1 Å². The quantitative estimate of drug-likeness (QED) is 0.592. The first-order chi connectivity index (χ1) is 12.4. The van der Waals surface area contributed by atoms with Crippen molar-refractivity contribution in [1.82, 2.24) is 10.6 Å². The standard InChI is InChI=1S/C19H28N2O5/c1-4-9-15(18(23)24)20-17(22)16(13(3)5-2)21-19(25)26-12-14-10-7-6-8-11-14/h6-8,10-11,13,15-16H,4-5,9,12H2,1-3H3,(H,20,22)(H,21,25)(H,23,24)/t13?,15-,16?/m0/s1. The third-order valence-electron chi connectivity index (χ3n) is 4.17. The van der Waals surface area contributed by atoms with Crippen LogP contribution in [-0.2, 0) is 20.9 Å². The zero-order chi connectivity index (χ0) is 19.5. The molecule has 0 aliphatic rings. The van der Waals surface area contributed by atoms with Crippen LogP contribution in [0.25, 0.3) is 0 Å². The van der Waals surface area contributed by atoms with E-state index in [1.807, 2.05) is 51.1 Å². The first kappa shape index (κ1) is 21.5. The largest absolute Gasteiger partial charge is 0.480 e. The van der Waals surface area contributed by atoms with E-state index in [0.717, 1.165) is 5.56 Å². The van der Waals surface area contributed by atoms with Gasteiger partial charge in [-0.15, -0.1) is 0 Å². The van der Waals surface area contributed by atoms with Crippen molar-refractivity contribution in [3.8, 4) is 0 Å². The summed E-state index contributed by atoms with van der Waals surface area (Å²) < 4.78 is 5.16. The van der Waals surface area contributed by atoms with Gasteiger partial charge in [0, 0.05) is 0 Å². The van der Waals surface area contributed by atoms with E-state index in [9.17, 15) is 19.5 Å². The van der Waals surface area contributed by atoms with Gasteiger partial charge in [0.2, 0.25) is 5.91 Å². The summed E-state index contributed by atoms with van der Waals surface area (Å²) in [6.07, 6.45) is 0.879. The summed E-state index contributed by atoms with van der Waals surface area (Å²) in [5, 5.41) is 14.3. The predicted molar refractivity (Wildman–Crippen MR) is 97.5 cm³/mol. The minimum atomic E-state index is -1.09. The maximum absolute atomic E-state index is 12.5. The van der Waals surface area contributed by atoms with Gasteiger partial charge >= 0.3 is 12.1 Å². The molecule has 0 radical (unpaired) electrons. The third kappa shape index (κ3) is 7.13. The van der Waals surface area contributed by atoms with Gasteiger partial charge < -0.3 is 20.5 Å². The number of carboxylic acids is 1. The number of amides is 2. The molecule has 0 heterocycles. The molecule has 3 N–H and O–H groups in total. The maximum atomic E-state index is 12.5. The molecule has 0 spiro atoms. The molecule has 26 heavy (non-hydrogen) atoms. The number of aliphatic carboxylic acids is 1. The lowest BCUT2D eigenvalue weighted by Crippen LogP contribution is -2.54. The van der Waals surface area contributed by atoms with Crippen LogP contribution >= 0.6 is 0 Å². The Labute approximate surface area is 154 Å². The fourth-order valence-electron chi connectivity index (χ4n) is 2.40. The molecule has 144 valence electrons. The Bertz CT molecular complexity index is 591. The molecule has 0 aromatic heterocycles. The summed E-state index contributed by atoms with van der Waals surface area (Å²) in [5.74, 6) is -1.78. The molecule has 0 bridgehead atoms. The van der Waals surface area contributed by atoms with Gasteiger partial charge in [-0.2, -0.15) is 0 Å². The Kier molecular flexibility index (Phi) is 9.19. The van der Waals surface area contributed by atoms with Gasteiger partial charge in [0.05, 0.1) is 0 Å². The van der Waals surface area contributed by atoms with Gasteiger partial charge in [-0.25, -0.2) is 9.59 Å². The molecule has 2 amide bonds. The van der Waals surface area contributed by atoms with Crippen molar-refractivity contribution in [2.45, 2.75) is 58.7 Å². The number of benzene rings is 1. The number of nitrogens with one attached hydrogen (secondary N) is 2. The molecule has 0 saturated heterocycles. The summed E-state index contributed by atoms with van der Waals surface area (Å²) >= 11 is 0. The van der Waals surface area contributed by atoms with E-state index in [4.69, 9.17) is 4.74 Å². The molecule has 7 nitrogen and oxygen atoms in total. The molecule has 1 aromatic rings. The number of carbonyl (C=O) groups excluding carboxylic acids is 2. The van der Waals surface area contributed by atoms with E-state index in [1.54, 1.807) is 0 Å². The average Bonchev–Trinajstić information content (AvgIpc) is 2.64. The highest BCUT2D eigenvalue weighted by atomic mass is 16.5. The molecule has 0 fully saturated rings. The zero-order valence-electron chi connectivity index (χ0n) is 15.5. The van der Waals surface area contributed by atoms with Crippen molar-refractivity contribution in [3.05, 3.63) is 35.9 Å². The van der Waals surface area contributed by atoms with Crippen LogP contribution in [-0.4, -0.2) is 35.2 Å². The molecular weight excluding hydrogens is 336 g/mol. The predicted octanol–water partition coefficient (Wildman–Crippen LogP) is 2.70. The Hall–Kier alpha value is -2.57. The highest BCUT2D eigenvalue weighted by Crippen LogP contribution is 2.10. The van der Waals surface area contributed by atoms with Crippen LogP contribution in [0.4, 0.5) is 4.79 Å². The van der Waals surface area contributed by atoms with Gasteiger partial charge in [-0.1, -0.05) is 63.9 Å². The SMILES string of the molecule is CCC[C@H](NC(=O)C(NC(=O)OCc1ccccc1)C(C)CC)C(=O)O. The minimum Gasteiger partial charge on any atom is -0.480 e. The summed E-state index contributed by atoms with van der Waals surface area (Å²) in [7, 11) is 0. The van der Waals surface area contributed by atoms with Crippen LogP contribution in [0.5, 0.6) is 0 Å². The molecule has 0 aliphatic carbocycles. The smallest absolute Gasteiger partial charge is 0.408 e. The van der Waals surface area contributed by atoms with Crippen molar-refractivity contribution in [3.63, 3.8) is 0 Å². The van der Waals surface area contributed by atoms with E-state index >= 15 is 0 Å². The highest BCUT2D eigenvalue weighted by Gasteiger charge is 2.29. The summed E-state index contributed by atoms with van der Waals surface area (Å²) in [6.45, 7) is 5.64. The number of rotatable bonds is 10.